The molecular weight excluding hydrogens is 344 g/mol. The van der Waals surface area contributed by atoms with Crippen molar-refractivity contribution in [3.05, 3.63) is 59.2 Å². The number of hydrogen-bond donors (Lipinski definition) is 1. The van der Waals surface area contributed by atoms with Gasteiger partial charge in [-0.25, -0.2) is 0 Å². The molecule has 0 aliphatic carbocycles. The number of fused-ring (bicyclic) bond motifs is 1. The van der Waals surface area contributed by atoms with Gasteiger partial charge in [0.15, 0.2) is 12.4 Å². The molecule has 6 nitrogen and oxygen atoms in total. The van der Waals surface area contributed by atoms with E-state index >= 15 is 0 Å². The third-order valence-electron chi connectivity index (χ3n) is 4.37. The molecule has 0 aromatic heterocycles. The van der Waals surface area contributed by atoms with Gasteiger partial charge >= 0.3 is 0 Å². The van der Waals surface area contributed by atoms with Crippen LogP contribution in [0.15, 0.2) is 42.5 Å². The molecule has 0 unspecified atom stereocenters. The molecule has 0 radical (unpaired) electrons. The third kappa shape index (κ3) is 4.16. The molecular formula is C21H22N2O4. The molecule has 0 fully saturated rings. The maximum absolute atomic E-state index is 12.4. The van der Waals surface area contributed by atoms with Crippen molar-refractivity contribution in [1.29, 1.82) is 0 Å². The zero-order valence-electron chi connectivity index (χ0n) is 15.5. The molecule has 2 amide bonds. The number of ether oxygens (including phenoxy) is 1. The Labute approximate surface area is 158 Å². The Morgan fingerprint density at radius 3 is 2.70 bits per heavy atom. The van der Waals surface area contributed by atoms with E-state index in [1.165, 1.54) is 6.92 Å². The smallest absolute Gasteiger partial charge is 0.265 e. The Morgan fingerprint density at radius 1 is 1.15 bits per heavy atom. The van der Waals surface area contributed by atoms with Crippen LogP contribution in [0.25, 0.3) is 0 Å². The Bertz CT molecular complexity index is 892. The second kappa shape index (κ2) is 8.03. The van der Waals surface area contributed by atoms with E-state index in [2.05, 4.69) is 5.32 Å². The van der Waals surface area contributed by atoms with Crippen molar-refractivity contribution < 1.29 is 19.1 Å². The number of carbonyl (C=O) groups excluding carboxylic acids is 3. The number of rotatable bonds is 6. The van der Waals surface area contributed by atoms with Gasteiger partial charge < -0.3 is 15.0 Å². The van der Waals surface area contributed by atoms with Crippen LogP contribution in [-0.2, 0) is 11.3 Å². The highest BCUT2D eigenvalue weighted by molar-refractivity contribution is 6.01. The molecule has 1 aliphatic rings. The first-order valence-corrected chi connectivity index (χ1v) is 8.95. The normalized spacial score (nSPS) is 13.0. The summed E-state index contributed by atoms with van der Waals surface area (Å²) < 4.78 is 5.48. The topological polar surface area (TPSA) is 75.7 Å². The largest absolute Gasteiger partial charge is 0.482 e. The van der Waals surface area contributed by atoms with Gasteiger partial charge in [0.2, 0.25) is 0 Å². The Balaban J connectivity index is 1.88. The van der Waals surface area contributed by atoms with E-state index in [0.29, 0.717) is 35.7 Å². The van der Waals surface area contributed by atoms with Gasteiger partial charge in [0.25, 0.3) is 11.8 Å². The fourth-order valence-electron chi connectivity index (χ4n) is 2.93. The molecule has 2 aromatic carbocycles. The van der Waals surface area contributed by atoms with Crippen molar-refractivity contribution in [2.24, 2.45) is 0 Å². The minimum atomic E-state index is -0.191. The monoisotopic (exact) mass is 366 g/mol. The van der Waals surface area contributed by atoms with Gasteiger partial charge in [-0.1, -0.05) is 19.1 Å². The molecule has 1 heterocycles. The molecule has 1 aliphatic heterocycles. The Hall–Kier alpha value is -3.15. The summed E-state index contributed by atoms with van der Waals surface area (Å²) in [6.45, 7) is 4.34. The van der Waals surface area contributed by atoms with E-state index in [1.807, 2.05) is 13.0 Å². The molecule has 140 valence electrons. The second-order valence-electron chi connectivity index (χ2n) is 6.46. The number of nitrogens with zero attached hydrogens (tertiary/aromatic N) is 1. The minimum Gasteiger partial charge on any atom is -0.482 e. The molecule has 0 bridgehead atoms. The van der Waals surface area contributed by atoms with E-state index in [-0.39, 0.29) is 24.2 Å². The van der Waals surface area contributed by atoms with Crippen molar-refractivity contribution in [3.8, 4) is 5.75 Å². The van der Waals surface area contributed by atoms with Crippen molar-refractivity contribution in [2.75, 3.05) is 18.1 Å². The predicted octanol–water partition coefficient (Wildman–Crippen LogP) is 2.95. The molecule has 0 spiro atoms. The summed E-state index contributed by atoms with van der Waals surface area (Å²) in [4.78, 5) is 37.9. The average molecular weight is 366 g/mol. The summed E-state index contributed by atoms with van der Waals surface area (Å²) in [5.41, 5.74) is 2.47. The van der Waals surface area contributed by atoms with Gasteiger partial charge in [-0.3, -0.25) is 14.4 Å². The van der Waals surface area contributed by atoms with Crippen LogP contribution in [-0.4, -0.2) is 30.7 Å². The summed E-state index contributed by atoms with van der Waals surface area (Å²) >= 11 is 0. The lowest BCUT2D eigenvalue weighted by Gasteiger charge is -2.30. The first kappa shape index (κ1) is 18.6. The molecule has 1 N–H and O–H groups in total. The fraction of sp³-hybridized carbons (Fsp3) is 0.286. The van der Waals surface area contributed by atoms with Crippen LogP contribution in [0, 0.1) is 0 Å². The molecule has 0 saturated heterocycles. The maximum Gasteiger partial charge on any atom is 0.265 e. The molecule has 3 rings (SSSR count). The van der Waals surface area contributed by atoms with Gasteiger partial charge in [-0.2, -0.15) is 0 Å². The summed E-state index contributed by atoms with van der Waals surface area (Å²) in [5.74, 6) is 0.164. The summed E-state index contributed by atoms with van der Waals surface area (Å²) in [6.07, 6.45) is 0.864. The van der Waals surface area contributed by atoms with E-state index in [0.717, 1.165) is 12.0 Å². The SMILES string of the molecule is CCCNC(=O)c1cccc(CN2C(=O)COc3ccc(C(C)=O)cc32)c1. The highest BCUT2D eigenvalue weighted by atomic mass is 16.5. The lowest BCUT2D eigenvalue weighted by Crippen LogP contribution is -2.38. The van der Waals surface area contributed by atoms with E-state index in [1.54, 1.807) is 41.3 Å². The van der Waals surface area contributed by atoms with Crippen LogP contribution in [0.5, 0.6) is 5.75 Å². The van der Waals surface area contributed by atoms with E-state index in [9.17, 15) is 14.4 Å². The van der Waals surface area contributed by atoms with Crippen molar-refractivity contribution in [2.45, 2.75) is 26.8 Å². The van der Waals surface area contributed by atoms with Crippen LogP contribution in [0.4, 0.5) is 5.69 Å². The maximum atomic E-state index is 12.4. The van der Waals surface area contributed by atoms with Crippen LogP contribution in [0.2, 0.25) is 0 Å². The zero-order chi connectivity index (χ0) is 19.4. The zero-order valence-corrected chi connectivity index (χ0v) is 15.5. The Morgan fingerprint density at radius 2 is 1.96 bits per heavy atom. The molecule has 2 aromatic rings. The lowest BCUT2D eigenvalue weighted by atomic mass is 10.1. The average Bonchev–Trinajstić information content (AvgIpc) is 2.68. The summed E-state index contributed by atoms with van der Waals surface area (Å²) in [6, 6.07) is 12.3. The van der Waals surface area contributed by atoms with Crippen molar-refractivity contribution >= 4 is 23.3 Å². The number of carbonyl (C=O) groups is 3. The van der Waals surface area contributed by atoms with Gasteiger partial charge in [0.05, 0.1) is 12.2 Å². The van der Waals surface area contributed by atoms with Crippen LogP contribution in [0.1, 0.15) is 46.5 Å². The van der Waals surface area contributed by atoms with Gasteiger partial charge in [-0.15, -0.1) is 0 Å². The minimum absolute atomic E-state index is 0.0525. The van der Waals surface area contributed by atoms with Crippen LogP contribution >= 0.6 is 0 Å². The van der Waals surface area contributed by atoms with Crippen LogP contribution < -0.4 is 15.0 Å². The van der Waals surface area contributed by atoms with Gasteiger partial charge in [-0.05, 0) is 49.2 Å². The van der Waals surface area contributed by atoms with E-state index < -0.39 is 0 Å². The molecule has 0 atom stereocenters. The van der Waals surface area contributed by atoms with Crippen LogP contribution in [0.3, 0.4) is 0 Å². The summed E-state index contributed by atoms with van der Waals surface area (Å²) in [5, 5.41) is 2.85. The number of nitrogens with one attached hydrogen (secondary N) is 1. The highest BCUT2D eigenvalue weighted by Crippen LogP contribution is 2.34. The standard InChI is InChI=1S/C21H22N2O4/c1-3-9-22-21(26)17-6-4-5-15(10-17)12-23-18-11-16(14(2)24)7-8-19(18)27-13-20(23)25/h4-8,10-11H,3,9,12-13H2,1-2H3,(H,22,26). The number of amides is 2. The highest BCUT2D eigenvalue weighted by Gasteiger charge is 2.26. The van der Waals surface area contributed by atoms with Crippen molar-refractivity contribution in [3.63, 3.8) is 0 Å². The first-order valence-electron chi connectivity index (χ1n) is 8.95. The number of hydrogen-bond acceptors (Lipinski definition) is 4. The second-order valence-corrected chi connectivity index (χ2v) is 6.46. The van der Waals surface area contributed by atoms with Gasteiger partial charge in [0.1, 0.15) is 5.75 Å². The number of anilines is 1. The predicted molar refractivity (Wildman–Crippen MR) is 102 cm³/mol. The lowest BCUT2D eigenvalue weighted by molar-refractivity contribution is -0.121. The number of benzene rings is 2. The number of Topliss-reactive ketones (excluding diaryl/α,β-unsaturated/α-hetero) is 1. The Kier molecular flexibility index (Phi) is 5.54. The quantitative estimate of drug-likeness (QED) is 0.798. The summed E-state index contributed by atoms with van der Waals surface area (Å²) in [7, 11) is 0. The molecule has 27 heavy (non-hydrogen) atoms. The number of ketones is 1. The van der Waals surface area contributed by atoms with Crippen molar-refractivity contribution in [1.82, 2.24) is 5.32 Å². The molecule has 0 saturated carbocycles. The first-order chi connectivity index (χ1) is 13.0. The fourth-order valence-corrected chi connectivity index (χ4v) is 2.93. The van der Waals surface area contributed by atoms with Gasteiger partial charge in [0, 0.05) is 17.7 Å². The molecule has 6 heteroatoms. The third-order valence-corrected chi connectivity index (χ3v) is 4.37. The van der Waals surface area contributed by atoms with E-state index in [4.69, 9.17) is 4.74 Å².